The molecule has 2 fully saturated rings. The fourth-order valence-electron chi connectivity index (χ4n) is 3.30. The molecule has 1 heterocycles. The monoisotopic (exact) mass is 381 g/mol. The van der Waals surface area contributed by atoms with E-state index in [1.165, 1.54) is 31.5 Å². The van der Waals surface area contributed by atoms with Crippen LogP contribution in [0.4, 0.5) is 4.39 Å². The van der Waals surface area contributed by atoms with Crippen molar-refractivity contribution in [1.82, 2.24) is 15.6 Å². The summed E-state index contributed by atoms with van der Waals surface area (Å²) in [6.07, 6.45) is 7.03. The molecule has 2 N–H and O–H groups in total. The lowest BCUT2D eigenvalue weighted by Gasteiger charge is -2.25. The maximum absolute atomic E-state index is 14.4. The minimum absolute atomic E-state index is 0.147. The molecule has 4 rings (SSSR count). The topological polar surface area (TPSA) is 71.1 Å². The van der Waals surface area contributed by atoms with E-state index in [2.05, 4.69) is 15.6 Å². The van der Waals surface area contributed by atoms with Crippen LogP contribution in [0, 0.1) is 18.7 Å². The highest BCUT2D eigenvalue weighted by atomic mass is 19.1. The van der Waals surface area contributed by atoms with E-state index in [0.717, 1.165) is 12.8 Å². The van der Waals surface area contributed by atoms with Crippen molar-refractivity contribution < 1.29 is 14.0 Å². The molecule has 2 amide bonds. The van der Waals surface area contributed by atoms with Crippen molar-refractivity contribution in [2.75, 3.05) is 6.54 Å². The van der Waals surface area contributed by atoms with Crippen LogP contribution >= 0.6 is 0 Å². The van der Waals surface area contributed by atoms with Gasteiger partial charge in [-0.15, -0.1) is 0 Å². The van der Waals surface area contributed by atoms with Crippen LogP contribution in [-0.2, 0) is 0 Å². The minimum atomic E-state index is -0.442. The van der Waals surface area contributed by atoms with Gasteiger partial charge < -0.3 is 10.6 Å². The highest BCUT2D eigenvalue weighted by molar-refractivity contribution is 5.96. The van der Waals surface area contributed by atoms with Crippen LogP contribution in [-0.4, -0.2) is 29.4 Å². The Morgan fingerprint density at radius 3 is 2.50 bits per heavy atom. The first-order valence-corrected chi connectivity index (χ1v) is 9.87. The van der Waals surface area contributed by atoms with Gasteiger partial charge in [0.2, 0.25) is 0 Å². The van der Waals surface area contributed by atoms with Gasteiger partial charge in [-0.3, -0.25) is 14.6 Å². The van der Waals surface area contributed by atoms with Gasteiger partial charge in [-0.1, -0.05) is 6.42 Å². The number of aromatic nitrogens is 1. The number of pyridine rings is 1. The maximum Gasteiger partial charge on any atom is 0.252 e. The molecular formula is C22H24FN3O2. The zero-order chi connectivity index (χ0) is 19.7. The third kappa shape index (κ3) is 4.06. The highest BCUT2D eigenvalue weighted by Crippen LogP contribution is 2.27. The smallest absolute Gasteiger partial charge is 0.252 e. The largest absolute Gasteiger partial charge is 0.352 e. The second-order valence-electron chi connectivity index (χ2n) is 7.82. The van der Waals surface area contributed by atoms with Gasteiger partial charge in [-0.05, 0) is 68.4 Å². The predicted molar refractivity (Wildman–Crippen MR) is 105 cm³/mol. The molecule has 0 spiro atoms. The first kappa shape index (κ1) is 18.6. The number of hydrogen-bond acceptors (Lipinski definition) is 3. The normalized spacial score (nSPS) is 16.4. The average Bonchev–Trinajstić information content (AvgIpc) is 3.46. The van der Waals surface area contributed by atoms with E-state index in [4.69, 9.17) is 0 Å². The van der Waals surface area contributed by atoms with Crippen LogP contribution in [0.25, 0.3) is 11.3 Å². The highest BCUT2D eigenvalue weighted by Gasteiger charge is 2.25. The number of nitrogens with zero attached hydrogens (tertiary/aromatic N) is 1. The van der Waals surface area contributed by atoms with Gasteiger partial charge >= 0.3 is 0 Å². The Morgan fingerprint density at radius 1 is 1.11 bits per heavy atom. The lowest BCUT2D eigenvalue weighted by molar-refractivity contribution is 0.0934. The summed E-state index contributed by atoms with van der Waals surface area (Å²) < 4.78 is 14.4. The van der Waals surface area contributed by atoms with E-state index in [0.29, 0.717) is 34.8 Å². The summed E-state index contributed by atoms with van der Waals surface area (Å²) in [4.78, 5) is 28.9. The molecule has 5 nitrogen and oxygen atoms in total. The molecule has 28 heavy (non-hydrogen) atoms. The lowest BCUT2D eigenvalue weighted by Crippen LogP contribution is -2.32. The van der Waals surface area contributed by atoms with E-state index < -0.39 is 5.82 Å². The van der Waals surface area contributed by atoms with E-state index in [1.807, 2.05) is 0 Å². The molecule has 1 aromatic carbocycles. The van der Waals surface area contributed by atoms with Gasteiger partial charge in [0.25, 0.3) is 11.8 Å². The summed E-state index contributed by atoms with van der Waals surface area (Å²) in [5, 5.41) is 5.81. The number of hydrogen-bond donors (Lipinski definition) is 2. The van der Waals surface area contributed by atoms with Crippen LogP contribution in [0.3, 0.4) is 0 Å². The standard InChI is InChI=1S/C22H24FN3O2/c1-13-18(9-16(10-19(13)23)22(28)26-17-6-7-17)20-8-5-15(12-24-20)21(27)25-11-14-3-2-4-14/h5,8-10,12,14,17H,2-4,6-7,11H2,1H3,(H,25,27)(H,26,28). The number of rotatable bonds is 6. The summed E-state index contributed by atoms with van der Waals surface area (Å²) in [5.41, 5.74) is 2.28. The number of nitrogens with one attached hydrogen (secondary N) is 2. The quantitative estimate of drug-likeness (QED) is 0.803. The number of carbonyl (C=O) groups is 2. The van der Waals surface area contributed by atoms with Crippen LogP contribution in [0.2, 0.25) is 0 Å². The Hall–Kier alpha value is -2.76. The summed E-state index contributed by atoms with van der Waals surface area (Å²) >= 11 is 0. The molecule has 0 unspecified atom stereocenters. The number of amides is 2. The molecule has 2 aliphatic rings. The minimum Gasteiger partial charge on any atom is -0.352 e. The molecule has 0 saturated heterocycles. The average molecular weight is 381 g/mol. The lowest BCUT2D eigenvalue weighted by atomic mass is 9.85. The number of benzene rings is 1. The molecule has 2 aliphatic carbocycles. The van der Waals surface area contributed by atoms with Gasteiger partial charge in [-0.2, -0.15) is 0 Å². The molecule has 0 atom stereocenters. The molecule has 6 heteroatoms. The Kier molecular flexibility index (Phi) is 5.11. The third-order valence-corrected chi connectivity index (χ3v) is 5.60. The Morgan fingerprint density at radius 2 is 1.89 bits per heavy atom. The fraction of sp³-hybridized carbons (Fsp3) is 0.409. The van der Waals surface area contributed by atoms with Gasteiger partial charge in [0, 0.05) is 29.9 Å². The second kappa shape index (κ2) is 7.70. The van der Waals surface area contributed by atoms with Crippen LogP contribution < -0.4 is 10.6 Å². The first-order chi connectivity index (χ1) is 13.5. The van der Waals surface area contributed by atoms with Gasteiger partial charge in [-0.25, -0.2) is 4.39 Å². The van der Waals surface area contributed by atoms with Crippen LogP contribution in [0.1, 0.15) is 58.4 Å². The Labute approximate surface area is 163 Å². The molecular weight excluding hydrogens is 357 g/mol. The van der Waals surface area contributed by atoms with Crippen molar-refractivity contribution in [3.63, 3.8) is 0 Å². The summed E-state index contributed by atoms with van der Waals surface area (Å²) in [6, 6.07) is 6.51. The Bertz CT molecular complexity index is 903. The molecule has 146 valence electrons. The summed E-state index contributed by atoms with van der Waals surface area (Å²) in [5.74, 6) is -0.269. The number of halogens is 1. The second-order valence-corrected chi connectivity index (χ2v) is 7.82. The van der Waals surface area contributed by atoms with Crippen molar-refractivity contribution in [3.8, 4) is 11.3 Å². The van der Waals surface area contributed by atoms with Gasteiger partial charge in [0.15, 0.2) is 0 Å². The summed E-state index contributed by atoms with van der Waals surface area (Å²) in [6.45, 7) is 2.36. The van der Waals surface area contributed by atoms with E-state index in [1.54, 1.807) is 25.1 Å². The third-order valence-electron chi connectivity index (χ3n) is 5.60. The van der Waals surface area contributed by atoms with E-state index >= 15 is 0 Å². The van der Waals surface area contributed by atoms with E-state index in [-0.39, 0.29) is 23.4 Å². The van der Waals surface area contributed by atoms with Gasteiger partial charge in [0.05, 0.1) is 11.3 Å². The maximum atomic E-state index is 14.4. The molecule has 2 aromatic rings. The SMILES string of the molecule is Cc1c(F)cc(C(=O)NC2CC2)cc1-c1ccc(C(=O)NCC2CCC2)cn1. The number of carbonyl (C=O) groups excluding carboxylic acids is 2. The van der Waals surface area contributed by atoms with Crippen molar-refractivity contribution in [1.29, 1.82) is 0 Å². The molecule has 0 aliphatic heterocycles. The zero-order valence-electron chi connectivity index (χ0n) is 15.9. The summed E-state index contributed by atoms with van der Waals surface area (Å²) in [7, 11) is 0. The van der Waals surface area contributed by atoms with Crippen LogP contribution in [0.5, 0.6) is 0 Å². The predicted octanol–water partition coefficient (Wildman–Crippen LogP) is 3.62. The zero-order valence-corrected chi connectivity index (χ0v) is 15.9. The molecule has 0 bridgehead atoms. The Balaban J connectivity index is 1.51. The van der Waals surface area contributed by atoms with Crippen LogP contribution in [0.15, 0.2) is 30.5 Å². The first-order valence-electron chi connectivity index (χ1n) is 9.87. The fourth-order valence-corrected chi connectivity index (χ4v) is 3.30. The van der Waals surface area contributed by atoms with Crippen molar-refractivity contribution >= 4 is 11.8 Å². The van der Waals surface area contributed by atoms with Gasteiger partial charge in [0.1, 0.15) is 5.82 Å². The van der Waals surface area contributed by atoms with E-state index in [9.17, 15) is 14.0 Å². The van der Waals surface area contributed by atoms with Crippen molar-refractivity contribution in [3.05, 3.63) is 53.0 Å². The molecule has 2 saturated carbocycles. The van der Waals surface area contributed by atoms with Crippen molar-refractivity contribution in [2.24, 2.45) is 5.92 Å². The molecule has 0 radical (unpaired) electrons. The molecule has 1 aromatic heterocycles. The van der Waals surface area contributed by atoms with Crippen molar-refractivity contribution in [2.45, 2.75) is 45.1 Å².